The summed E-state index contributed by atoms with van der Waals surface area (Å²) in [7, 11) is 2.96. The van der Waals surface area contributed by atoms with Gasteiger partial charge < -0.3 is 15.0 Å². The molecule has 0 saturated heterocycles. The van der Waals surface area contributed by atoms with Crippen LogP contribution < -0.4 is 5.32 Å². The third-order valence-electron chi connectivity index (χ3n) is 4.64. The van der Waals surface area contributed by atoms with Gasteiger partial charge in [0.25, 0.3) is 5.91 Å². The molecule has 134 valence electrons. The molecule has 0 saturated carbocycles. The van der Waals surface area contributed by atoms with Gasteiger partial charge in [0.1, 0.15) is 6.54 Å². The van der Waals surface area contributed by atoms with Crippen LogP contribution in [0.2, 0.25) is 0 Å². The highest BCUT2D eigenvalue weighted by atomic mass is 16.5. The Morgan fingerprint density at radius 1 is 1.08 bits per heavy atom. The Morgan fingerprint density at radius 3 is 2.42 bits per heavy atom. The number of esters is 1. The Hall–Kier alpha value is -3.15. The lowest BCUT2D eigenvalue weighted by molar-refractivity contribution is -0.141. The molecule has 1 aliphatic rings. The maximum Gasteiger partial charge on any atom is 0.325 e. The second-order valence-electron chi connectivity index (χ2n) is 6.13. The predicted molar refractivity (Wildman–Crippen MR) is 95.5 cm³/mol. The highest BCUT2D eigenvalue weighted by Crippen LogP contribution is 2.41. The van der Waals surface area contributed by atoms with Gasteiger partial charge in [0.05, 0.1) is 19.1 Å². The van der Waals surface area contributed by atoms with E-state index in [1.54, 1.807) is 36.2 Å². The minimum atomic E-state index is -0.624. The van der Waals surface area contributed by atoms with E-state index in [2.05, 4.69) is 10.1 Å². The summed E-state index contributed by atoms with van der Waals surface area (Å²) in [5, 5.41) is 2.63. The second-order valence-corrected chi connectivity index (χ2v) is 6.13. The molecule has 0 fully saturated rings. The molecular formula is C20H20N2O4. The lowest BCUT2D eigenvalue weighted by Gasteiger charge is -2.39. The van der Waals surface area contributed by atoms with Crippen molar-refractivity contribution in [3.63, 3.8) is 0 Å². The average molecular weight is 352 g/mol. The number of nitrogens with one attached hydrogen (secondary N) is 1. The molecule has 0 spiro atoms. The van der Waals surface area contributed by atoms with Crippen LogP contribution >= 0.6 is 0 Å². The molecule has 6 nitrogen and oxygen atoms in total. The van der Waals surface area contributed by atoms with Crippen molar-refractivity contribution in [2.45, 2.75) is 12.0 Å². The van der Waals surface area contributed by atoms with Gasteiger partial charge in [0, 0.05) is 12.6 Å². The van der Waals surface area contributed by atoms with Crippen LogP contribution in [0.1, 0.15) is 33.4 Å². The summed E-state index contributed by atoms with van der Waals surface area (Å²) < 4.78 is 4.59. The van der Waals surface area contributed by atoms with Gasteiger partial charge in [0.15, 0.2) is 0 Å². The van der Waals surface area contributed by atoms with E-state index in [1.807, 2.05) is 30.3 Å². The molecular weight excluding hydrogens is 332 g/mol. The number of rotatable bonds is 4. The fourth-order valence-electron chi connectivity index (χ4n) is 3.37. The highest BCUT2D eigenvalue weighted by Gasteiger charge is 2.42. The van der Waals surface area contributed by atoms with Crippen molar-refractivity contribution in [3.05, 3.63) is 71.3 Å². The zero-order valence-corrected chi connectivity index (χ0v) is 14.6. The van der Waals surface area contributed by atoms with Crippen molar-refractivity contribution >= 4 is 17.8 Å². The van der Waals surface area contributed by atoms with Crippen molar-refractivity contribution < 1.29 is 19.1 Å². The van der Waals surface area contributed by atoms with Crippen molar-refractivity contribution in [1.29, 1.82) is 0 Å². The molecule has 0 radical (unpaired) electrons. The SMILES string of the molecule is COC(=O)CNC(=O)[C@@H]1c2ccccc2C(=O)N(C)[C@@H]1c1ccccc1. The molecule has 26 heavy (non-hydrogen) atoms. The number of hydrogen-bond donors (Lipinski definition) is 1. The molecule has 1 N–H and O–H groups in total. The molecule has 2 aromatic rings. The van der Waals surface area contributed by atoms with Gasteiger partial charge in [-0.15, -0.1) is 0 Å². The summed E-state index contributed by atoms with van der Waals surface area (Å²) in [6.45, 7) is -0.215. The van der Waals surface area contributed by atoms with E-state index in [9.17, 15) is 14.4 Å². The quantitative estimate of drug-likeness (QED) is 0.853. The van der Waals surface area contributed by atoms with Gasteiger partial charge in [0.2, 0.25) is 5.91 Å². The maximum atomic E-state index is 13.0. The van der Waals surface area contributed by atoms with Gasteiger partial charge in [-0.3, -0.25) is 14.4 Å². The Morgan fingerprint density at radius 2 is 1.73 bits per heavy atom. The van der Waals surface area contributed by atoms with E-state index in [0.717, 1.165) is 5.56 Å². The Balaban J connectivity index is 2.05. The molecule has 1 heterocycles. The Bertz CT molecular complexity index is 835. The average Bonchev–Trinajstić information content (AvgIpc) is 2.69. The number of ether oxygens (including phenoxy) is 1. The predicted octanol–water partition coefficient (Wildman–Crippen LogP) is 1.89. The minimum absolute atomic E-state index is 0.133. The van der Waals surface area contributed by atoms with Gasteiger partial charge in [-0.05, 0) is 17.2 Å². The van der Waals surface area contributed by atoms with Crippen molar-refractivity contribution in [2.24, 2.45) is 0 Å². The van der Waals surface area contributed by atoms with Gasteiger partial charge in [-0.1, -0.05) is 48.5 Å². The fourth-order valence-corrected chi connectivity index (χ4v) is 3.37. The van der Waals surface area contributed by atoms with Crippen LogP contribution in [-0.2, 0) is 14.3 Å². The van der Waals surface area contributed by atoms with Crippen LogP contribution in [0.25, 0.3) is 0 Å². The smallest absolute Gasteiger partial charge is 0.325 e. The van der Waals surface area contributed by atoms with Crippen LogP contribution in [0.15, 0.2) is 54.6 Å². The van der Waals surface area contributed by atoms with Crippen molar-refractivity contribution in [1.82, 2.24) is 10.2 Å². The van der Waals surface area contributed by atoms with E-state index in [4.69, 9.17) is 0 Å². The summed E-state index contributed by atoms with van der Waals surface area (Å²) in [6.07, 6.45) is 0. The first-order valence-electron chi connectivity index (χ1n) is 8.30. The Kier molecular flexibility index (Phi) is 5.02. The monoisotopic (exact) mass is 352 g/mol. The number of carbonyl (C=O) groups excluding carboxylic acids is 3. The number of nitrogens with zero attached hydrogens (tertiary/aromatic N) is 1. The van der Waals surface area contributed by atoms with Crippen molar-refractivity contribution in [2.75, 3.05) is 20.7 Å². The van der Waals surface area contributed by atoms with Crippen LogP contribution in [-0.4, -0.2) is 43.4 Å². The number of likely N-dealkylation sites (N-methyl/N-ethyl adjacent to an activating group) is 1. The molecule has 2 atom stereocenters. The van der Waals surface area contributed by atoms with E-state index in [0.29, 0.717) is 11.1 Å². The minimum Gasteiger partial charge on any atom is -0.468 e. The van der Waals surface area contributed by atoms with Gasteiger partial charge in [-0.2, -0.15) is 0 Å². The Labute approximate surface area is 151 Å². The molecule has 1 aliphatic heterocycles. The molecule has 0 aliphatic carbocycles. The van der Waals surface area contributed by atoms with Crippen LogP contribution in [0, 0.1) is 0 Å². The lowest BCUT2D eigenvalue weighted by atomic mass is 9.79. The number of amides is 2. The zero-order valence-electron chi connectivity index (χ0n) is 14.6. The fraction of sp³-hybridized carbons (Fsp3) is 0.250. The molecule has 0 aromatic heterocycles. The third-order valence-corrected chi connectivity index (χ3v) is 4.64. The lowest BCUT2D eigenvalue weighted by Crippen LogP contribution is -2.46. The van der Waals surface area contributed by atoms with Crippen LogP contribution in [0.5, 0.6) is 0 Å². The van der Waals surface area contributed by atoms with E-state index in [1.165, 1.54) is 7.11 Å². The standard InChI is InChI=1S/C20H20N2O4/c1-22-18(13-8-4-3-5-9-13)17(19(24)21-12-16(23)26-2)14-10-6-7-11-15(14)20(22)25/h3-11,17-18H,12H2,1-2H3,(H,21,24)/t17-,18-/m1/s1. The van der Waals surface area contributed by atoms with Crippen LogP contribution in [0.3, 0.4) is 0 Å². The summed E-state index contributed by atoms with van der Waals surface area (Å²) in [5.74, 6) is -1.60. The molecule has 6 heteroatoms. The molecule has 0 unspecified atom stereocenters. The van der Waals surface area contributed by atoms with E-state index < -0.39 is 17.9 Å². The number of benzene rings is 2. The second kappa shape index (κ2) is 7.39. The number of fused-ring (bicyclic) bond motifs is 1. The van der Waals surface area contributed by atoms with Gasteiger partial charge in [-0.25, -0.2) is 0 Å². The molecule has 0 bridgehead atoms. The highest BCUT2D eigenvalue weighted by molar-refractivity contribution is 6.01. The zero-order chi connectivity index (χ0) is 18.7. The third kappa shape index (κ3) is 3.18. The summed E-state index contributed by atoms with van der Waals surface area (Å²) in [6, 6.07) is 16.0. The van der Waals surface area contributed by atoms with E-state index >= 15 is 0 Å². The largest absolute Gasteiger partial charge is 0.468 e. The first-order chi connectivity index (χ1) is 12.5. The number of carbonyl (C=O) groups is 3. The summed E-state index contributed by atoms with van der Waals surface area (Å²) in [5.41, 5.74) is 2.02. The number of hydrogen-bond acceptors (Lipinski definition) is 4. The van der Waals surface area contributed by atoms with Crippen LogP contribution in [0.4, 0.5) is 0 Å². The van der Waals surface area contributed by atoms with Gasteiger partial charge >= 0.3 is 5.97 Å². The normalized spacial score (nSPS) is 18.8. The molecule has 2 aromatic carbocycles. The molecule has 2 amide bonds. The van der Waals surface area contributed by atoms with Crippen molar-refractivity contribution in [3.8, 4) is 0 Å². The molecule has 3 rings (SSSR count). The number of methoxy groups -OCH3 is 1. The first-order valence-corrected chi connectivity index (χ1v) is 8.30. The summed E-state index contributed by atoms with van der Waals surface area (Å²) in [4.78, 5) is 38.8. The summed E-state index contributed by atoms with van der Waals surface area (Å²) >= 11 is 0. The van der Waals surface area contributed by atoms with E-state index in [-0.39, 0.29) is 18.4 Å². The topological polar surface area (TPSA) is 75.7 Å². The first kappa shape index (κ1) is 17.7. The maximum absolute atomic E-state index is 13.0.